The molecule has 7 N–H and O–H groups in total. The zero-order chi connectivity index (χ0) is 22.3. The van der Waals surface area contributed by atoms with E-state index < -0.39 is 85.1 Å². The van der Waals surface area contributed by atoms with Crippen molar-refractivity contribution >= 4 is 11.8 Å². The van der Waals surface area contributed by atoms with E-state index in [0.29, 0.717) is 10.8 Å². The van der Waals surface area contributed by atoms with E-state index in [1.807, 2.05) is 0 Å². The Labute approximate surface area is 194 Å². The predicted octanol–water partition coefficient (Wildman–Crippen LogP) is -8.84. The number of hydrogen-bond donors (Lipinski definition) is 6. The Morgan fingerprint density at radius 3 is 2.42 bits per heavy atom. The number of anilines is 1. The van der Waals surface area contributed by atoms with E-state index in [0.717, 1.165) is 0 Å². The van der Waals surface area contributed by atoms with Gasteiger partial charge in [0.15, 0.2) is 24.2 Å². The average Bonchev–Trinajstić information content (AvgIpc) is 2.96. The van der Waals surface area contributed by atoms with E-state index in [9.17, 15) is 44.6 Å². The number of rotatable bonds is 5. The number of aliphatic carboxylic acids is 1. The molecule has 3 rings (SSSR count). The van der Waals surface area contributed by atoms with Crippen molar-refractivity contribution in [3.63, 3.8) is 0 Å². The maximum atomic E-state index is 13.6. The van der Waals surface area contributed by atoms with Crippen molar-refractivity contribution in [3.05, 3.63) is 22.5 Å². The maximum absolute atomic E-state index is 13.6. The van der Waals surface area contributed by atoms with Gasteiger partial charge in [0.2, 0.25) is 0 Å². The summed E-state index contributed by atoms with van der Waals surface area (Å²) in [6.07, 6.45) is -15.2. The molecule has 0 amide bonds. The topological polar surface area (TPSA) is 230 Å². The van der Waals surface area contributed by atoms with Gasteiger partial charge in [-0.15, -0.1) is 0 Å². The van der Waals surface area contributed by atoms with Gasteiger partial charge >= 0.3 is 35.2 Å². The average molecular weight is 459 g/mol. The molecule has 0 radical (unpaired) electrons. The normalized spacial score (nSPS) is 37.9. The van der Waals surface area contributed by atoms with Gasteiger partial charge in [-0.05, 0) is 0 Å². The van der Waals surface area contributed by atoms with E-state index in [1.54, 1.807) is 0 Å². The molecule has 168 valence electrons. The number of nitrogens with two attached hydrogens (primary N) is 1. The van der Waals surface area contributed by atoms with Gasteiger partial charge in [0, 0.05) is 0 Å². The summed E-state index contributed by atoms with van der Waals surface area (Å²) in [5.41, 5.74) is 4.12. The summed E-state index contributed by atoms with van der Waals surface area (Å²) in [5.74, 6) is -3.61. The van der Waals surface area contributed by atoms with Crippen molar-refractivity contribution in [2.45, 2.75) is 55.2 Å². The van der Waals surface area contributed by atoms with E-state index >= 15 is 0 Å². The minimum atomic E-state index is -2.01. The molecule has 2 aliphatic rings. The fourth-order valence-electron chi connectivity index (χ4n) is 3.11. The molecule has 0 aromatic carbocycles. The number of halogens is 1. The molecule has 0 aliphatic carbocycles. The van der Waals surface area contributed by atoms with Crippen molar-refractivity contribution in [1.82, 2.24) is 9.55 Å². The number of aliphatic hydroxyl groups excluding tert-OH is 5. The molecule has 3 heterocycles. The van der Waals surface area contributed by atoms with E-state index in [2.05, 4.69) is 4.98 Å². The smallest absolute Gasteiger partial charge is 0.547 e. The Bertz CT molecular complexity index is 860. The van der Waals surface area contributed by atoms with Gasteiger partial charge in [0.1, 0.15) is 42.7 Å². The molecular formula is C15H19FN3NaO11. The fourth-order valence-corrected chi connectivity index (χ4v) is 3.11. The molecule has 0 bridgehead atoms. The third kappa shape index (κ3) is 5.07. The number of carboxylic acids is 1. The standard InChI is InChI=1S/C15H20FN3O11.Na/c16-3-1-19(15(27)18-11(3)17)12-8(23)5(20)4(29-12)2-28-14-9(24)6(21)7(22)10(30-14)13(25)26;/h1,4-10,12,14,20-24H,2H2,(H,25,26)(H2,17,18,27);/q;+1/p-1/t4-,5-,6+,7+,8-,9-,10?,12?,14-;/m1./s1. The fraction of sp³-hybridized carbons (Fsp3) is 0.667. The number of carbonyl (C=O) groups is 1. The molecule has 16 heteroatoms. The largest absolute Gasteiger partial charge is 1.00 e. The first kappa shape index (κ1) is 26.0. The van der Waals surface area contributed by atoms with Crippen LogP contribution in [0.25, 0.3) is 0 Å². The summed E-state index contributed by atoms with van der Waals surface area (Å²) in [6.45, 7) is -0.626. The minimum Gasteiger partial charge on any atom is -0.547 e. The van der Waals surface area contributed by atoms with Crippen LogP contribution < -0.4 is 46.1 Å². The van der Waals surface area contributed by atoms with Crippen molar-refractivity contribution in [2.24, 2.45) is 0 Å². The zero-order valence-corrected chi connectivity index (χ0v) is 18.0. The summed E-state index contributed by atoms with van der Waals surface area (Å²) >= 11 is 0. The van der Waals surface area contributed by atoms with E-state index in [-0.39, 0.29) is 29.6 Å². The second-order valence-electron chi connectivity index (χ2n) is 6.76. The molecule has 0 saturated carbocycles. The van der Waals surface area contributed by atoms with Gasteiger partial charge < -0.3 is 55.4 Å². The van der Waals surface area contributed by atoms with Crippen molar-refractivity contribution in [3.8, 4) is 0 Å². The maximum Gasteiger partial charge on any atom is 1.00 e. The van der Waals surface area contributed by atoms with Crippen LogP contribution in [0, 0.1) is 5.82 Å². The number of aromatic nitrogens is 2. The van der Waals surface area contributed by atoms with Gasteiger partial charge in [-0.3, -0.25) is 4.57 Å². The van der Waals surface area contributed by atoms with Crippen LogP contribution in [0.2, 0.25) is 0 Å². The van der Waals surface area contributed by atoms with Crippen molar-refractivity contribution in [2.75, 3.05) is 12.3 Å². The molecule has 2 aliphatic heterocycles. The Balaban J connectivity index is 0.00000341. The number of hydrogen-bond acceptors (Lipinski definition) is 13. The van der Waals surface area contributed by atoms with Gasteiger partial charge in [0.25, 0.3) is 0 Å². The Hall–Kier alpha value is -1.24. The van der Waals surface area contributed by atoms with E-state index in [1.165, 1.54) is 0 Å². The van der Waals surface area contributed by atoms with Gasteiger partial charge in [-0.1, -0.05) is 0 Å². The quantitative estimate of drug-likeness (QED) is 0.225. The summed E-state index contributed by atoms with van der Waals surface area (Å²) in [5, 5.41) is 60.5. The van der Waals surface area contributed by atoms with Crippen LogP contribution in [0.1, 0.15) is 6.23 Å². The Morgan fingerprint density at radius 1 is 1.16 bits per heavy atom. The van der Waals surface area contributed by atoms with Crippen molar-refractivity contribution in [1.29, 1.82) is 0 Å². The van der Waals surface area contributed by atoms with Crippen LogP contribution in [0.3, 0.4) is 0 Å². The zero-order valence-electron chi connectivity index (χ0n) is 16.0. The van der Waals surface area contributed by atoms with Gasteiger partial charge in [-0.25, -0.2) is 9.18 Å². The van der Waals surface area contributed by atoms with Crippen LogP contribution in [0.4, 0.5) is 10.2 Å². The van der Waals surface area contributed by atoms with Gasteiger partial charge in [-0.2, -0.15) is 4.98 Å². The third-order valence-electron chi connectivity index (χ3n) is 4.77. The number of carbonyl (C=O) groups excluding carboxylic acids is 1. The molecule has 14 nitrogen and oxygen atoms in total. The molecule has 1 aromatic rings. The molecule has 2 fully saturated rings. The SMILES string of the molecule is Nc1nc(=O)n(C2O[C@H](CO[C@@H]3OC(C(=O)[O-])[C@@H](O)[C@H](O)[C@H]3O)[C@@H](O)[C@H]2O)cc1F.[Na+]. The molecule has 2 saturated heterocycles. The van der Waals surface area contributed by atoms with Crippen LogP contribution in [0.5, 0.6) is 0 Å². The number of nitrogens with zero attached hydrogens (tertiary/aromatic N) is 2. The molecular weight excluding hydrogens is 440 g/mol. The number of nitrogen functional groups attached to an aromatic ring is 1. The number of ether oxygens (including phenoxy) is 3. The predicted molar refractivity (Wildman–Crippen MR) is 86.4 cm³/mol. The van der Waals surface area contributed by atoms with Crippen LogP contribution >= 0.6 is 0 Å². The number of carboxylic acid groups (broad SMARTS) is 1. The van der Waals surface area contributed by atoms with Crippen LogP contribution in [-0.2, 0) is 19.0 Å². The summed E-state index contributed by atoms with van der Waals surface area (Å²) in [4.78, 5) is 26.1. The third-order valence-corrected chi connectivity index (χ3v) is 4.77. The van der Waals surface area contributed by atoms with Crippen LogP contribution in [-0.4, -0.2) is 96.7 Å². The first-order valence-corrected chi connectivity index (χ1v) is 8.60. The number of aliphatic hydroxyl groups is 5. The second kappa shape index (κ2) is 10.1. The molecule has 31 heavy (non-hydrogen) atoms. The molecule has 1 aromatic heterocycles. The Morgan fingerprint density at radius 2 is 1.81 bits per heavy atom. The van der Waals surface area contributed by atoms with Gasteiger partial charge in [0.05, 0.1) is 18.8 Å². The first-order valence-electron chi connectivity index (χ1n) is 8.60. The van der Waals surface area contributed by atoms with E-state index in [4.69, 9.17) is 19.9 Å². The second-order valence-corrected chi connectivity index (χ2v) is 6.76. The summed E-state index contributed by atoms with van der Waals surface area (Å²) in [6, 6.07) is 0. The Kier molecular flexibility index (Phi) is 8.51. The molecule has 2 unspecified atom stereocenters. The summed E-state index contributed by atoms with van der Waals surface area (Å²) in [7, 11) is 0. The summed E-state index contributed by atoms with van der Waals surface area (Å²) < 4.78 is 29.5. The molecule has 9 atom stereocenters. The minimum absolute atomic E-state index is 0. The first-order chi connectivity index (χ1) is 14.0. The molecule has 0 spiro atoms. The monoisotopic (exact) mass is 459 g/mol. The van der Waals surface area contributed by atoms with Crippen molar-refractivity contribution < 1.29 is 83.6 Å². The van der Waals surface area contributed by atoms with Crippen LogP contribution in [0.15, 0.2) is 11.0 Å².